The molecule has 1 rings (SSSR count). The predicted octanol–water partition coefficient (Wildman–Crippen LogP) is 0.324. The monoisotopic (exact) mass is 271 g/mol. The number of amides is 1. The third kappa shape index (κ3) is 5.09. The highest BCUT2D eigenvalue weighted by molar-refractivity contribution is 5.78. The average Bonchev–Trinajstić information content (AvgIpc) is 2.44. The molecule has 5 nitrogen and oxygen atoms in total. The number of β-amino-alcohol motifs (C(OH)–C–C–N with tert-alkyl or cyclic N) is 1. The number of piperidine rings is 1. The number of carbonyl (C=O) groups excluding carboxylic acids is 1. The van der Waals surface area contributed by atoms with E-state index in [0.29, 0.717) is 19.6 Å². The van der Waals surface area contributed by atoms with Gasteiger partial charge in [-0.15, -0.1) is 0 Å². The number of nitrogens with one attached hydrogen (secondary N) is 1. The summed E-state index contributed by atoms with van der Waals surface area (Å²) in [6, 6.07) is 0. The second-order valence-electron chi connectivity index (χ2n) is 5.59. The van der Waals surface area contributed by atoms with Crippen LogP contribution in [0.25, 0.3) is 0 Å². The van der Waals surface area contributed by atoms with Crippen molar-refractivity contribution in [3.63, 3.8) is 0 Å². The number of hydrogen-bond donors (Lipinski definition) is 3. The van der Waals surface area contributed by atoms with Crippen molar-refractivity contribution in [2.75, 3.05) is 32.7 Å². The van der Waals surface area contributed by atoms with Crippen LogP contribution in [-0.2, 0) is 4.79 Å². The summed E-state index contributed by atoms with van der Waals surface area (Å²) in [5, 5.41) is 13.2. The highest BCUT2D eigenvalue weighted by Gasteiger charge is 2.31. The summed E-state index contributed by atoms with van der Waals surface area (Å²) in [6.07, 6.45) is 3.46. The van der Waals surface area contributed by atoms with E-state index < -0.39 is 5.60 Å². The molecule has 0 spiro atoms. The molecule has 4 N–H and O–H groups in total. The minimum absolute atomic E-state index is 0.0401. The Kier molecular flexibility index (Phi) is 6.75. The van der Waals surface area contributed by atoms with Crippen molar-refractivity contribution in [1.82, 2.24) is 10.2 Å². The maximum Gasteiger partial charge on any atom is 0.224 e. The maximum absolute atomic E-state index is 12.0. The summed E-state index contributed by atoms with van der Waals surface area (Å²) >= 11 is 0. The molecule has 1 aliphatic rings. The highest BCUT2D eigenvalue weighted by Crippen LogP contribution is 2.22. The fraction of sp³-hybridized carbons (Fsp3) is 0.929. The van der Waals surface area contributed by atoms with E-state index in [1.165, 1.54) is 0 Å². The van der Waals surface area contributed by atoms with Crippen molar-refractivity contribution in [2.45, 2.75) is 45.1 Å². The molecule has 1 unspecified atom stereocenters. The number of hydrogen-bond acceptors (Lipinski definition) is 4. The first-order valence-electron chi connectivity index (χ1n) is 7.47. The van der Waals surface area contributed by atoms with Crippen molar-refractivity contribution in [3.8, 4) is 0 Å². The van der Waals surface area contributed by atoms with Gasteiger partial charge >= 0.3 is 0 Å². The predicted molar refractivity (Wildman–Crippen MR) is 76.8 cm³/mol. The van der Waals surface area contributed by atoms with Gasteiger partial charge in [-0.3, -0.25) is 9.69 Å². The van der Waals surface area contributed by atoms with Gasteiger partial charge in [-0.2, -0.15) is 0 Å². The van der Waals surface area contributed by atoms with Gasteiger partial charge in [-0.25, -0.2) is 0 Å². The van der Waals surface area contributed by atoms with Crippen LogP contribution >= 0.6 is 0 Å². The number of rotatable bonds is 7. The Bertz CT molecular complexity index is 280. The van der Waals surface area contributed by atoms with E-state index in [4.69, 9.17) is 5.73 Å². The van der Waals surface area contributed by atoms with Gasteiger partial charge in [0.05, 0.1) is 11.5 Å². The van der Waals surface area contributed by atoms with Crippen molar-refractivity contribution < 1.29 is 9.90 Å². The largest absolute Gasteiger partial charge is 0.389 e. The quantitative estimate of drug-likeness (QED) is 0.623. The molecule has 0 aromatic carbocycles. The van der Waals surface area contributed by atoms with Gasteiger partial charge in [-0.1, -0.05) is 13.8 Å². The minimum atomic E-state index is -0.615. The molecule has 1 atom stereocenters. The maximum atomic E-state index is 12.0. The summed E-state index contributed by atoms with van der Waals surface area (Å²) in [5.74, 6) is 0.143. The molecule has 0 aromatic heterocycles. The van der Waals surface area contributed by atoms with Crippen molar-refractivity contribution in [2.24, 2.45) is 11.7 Å². The Hall–Kier alpha value is -0.650. The summed E-state index contributed by atoms with van der Waals surface area (Å²) < 4.78 is 0. The van der Waals surface area contributed by atoms with Crippen LogP contribution < -0.4 is 11.1 Å². The van der Waals surface area contributed by atoms with E-state index in [0.717, 1.165) is 38.8 Å². The van der Waals surface area contributed by atoms with Crippen LogP contribution in [0.15, 0.2) is 0 Å². The SMILES string of the molecule is CCC(O)(CC)CN1CCCC(C(=O)NCCN)C1. The van der Waals surface area contributed by atoms with E-state index in [1.807, 2.05) is 13.8 Å². The van der Waals surface area contributed by atoms with Gasteiger partial charge in [0.1, 0.15) is 0 Å². The zero-order valence-electron chi connectivity index (χ0n) is 12.3. The molecule has 1 heterocycles. The standard InChI is InChI=1S/C14H29N3O2/c1-3-14(19,4-2)11-17-9-5-6-12(10-17)13(18)16-8-7-15/h12,19H,3-11,15H2,1-2H3,(H,16,18). The molecule has 5 heteroatoms. The Balaban J connectivity index is 2.47. The van der Waals surface area contributed by atoms with E-state index in [2.05, 4.69) is 10.2 Å². The fourth-order valence-corrected chi connectivity index (χ4v) is 2.64. The minimum Gasteiger partial charge on any atom is -0.389 e. The van der Waals surface area contributed by atoms with Gasteiger partial charge < -0.3 is 16.2 Å². The lowest BCUT2D eigenvalue weighted by atomic mass is 9.92. The van der Waals surface area contributed by atoms with Crippen LogP contribution in [0.1, 0.15) is 39.5 Å². The number of likely N-dealkylation sites (tertiary alicyclic amines) is 1. The third-order valence-corrected chi connectivity index (χ3v) is 4.15. The van der Waals surface area contributed by atoms with Crippen LogP contribution in [-0.4, -0.2) is 54.2 Å². The third-order valence-electron chi connectivity index (χ3n) is 4.15. The van der Waals surface area contributed by atoms with E-state index in [-0.39, 0.29) is 11.8 Å². The van der Waals surface area contributed by atoms with Gasteiger partial charge in [-0.05, 0) is 32.2 Å². The highest BCUT2D eigenvalue weighted by atomic mass is 16.3. The molecule has 0 radical (unpaired) electrons. The Morgan fingerprint density at radius 2 is 2.16 bits per heavy atom. The summed E-state index contributed by atoms with van der Waals surface area (Å²) in [6.45, 7) is 7.44. The smallest absolute Gasteiger partial charge is 0.224 e. The molecule has 1 aliphatic heterocycles. The number of aliphatic hydroxyl groups is 1. The topological polar surface area (TPSA) is 78.6 Å². The first kappa shape index (κ1) is 16.4. The molecule has 0 aromatic rings. The lowest BCUT2D eigenvalue weighted by Crippen LogP contribution is -2.49. The van der Waals surface area contributed by atoms with Crippen molar-refractivity contribution in [3.05, 3.63) is 0 Å². The lowest BCUT2D eigenvalue weighted by Gasteiger charge is -2.37. The Labute approximate surface area is 116 Å². The number of nitrogens with two attached hydrogens (primary N) is 1. The van der Waals surface area contributed by atoms with Gasteiger partial charge in [0, 0.05) is 26.2 Å². The van der Waals surface area contributed by atoms with Gasteiger partial charge in [0.15, 0.2) is 0 Å². The zero-order chi connectivity index (χ0) is 14.3. The van der Waals surface area contributed by atoms with Crippen molar-refractivity contribution >= 4 is 5.91 Å². The van der Waals surface area contributed by atoms with E-state index in [1.54, 1.807) is 0 Å². The van der Waals surface area contributed by atoms with Gasteiger partial charge in [0.25, 0.3) is 0 Å². The van der Waals surface area contributed by atoms with E-state index >= 15 is 0 Å². The molecule has 112 valence electrons. The fourth-order valence-electron chi connectivity index (χ4n) is 2.64. The average molecular weight is 271 g/mol. The Morgan fingerprint density at radius 1 is 1.47 bits per heavy atom. The number of carbonyl (C=O) groups is 1. The first-order valence-corrected chi connectivity index (χ1v) is 7.47. The summed E-state index contributed by atoms with van der Waals surface area (Å²) in [7, 11) is 0. The summed E-state index contributed by atoms with van der Waals surface area (Å²) in [5.41, 5.74) is 4.78. The Morgan fingerprint density at radius 3 is 2.74 bits per heavy atom. The van der Waals surface area contributed by atoms with Crippen molar-refractivity contribution in [1.29, 1.82) is 0 Å². The molecule has 1 fully saturated rings. The molecule has 19 heavy (non-hydrogen) atoms. The van der Waals surface area contributed by atoms with Crippen LogP contribution in [0.3, 0.4) is 0 Å². The van der Waals surface area contributed by atoms with Crippen LogP contribution in [0, 0.1) is 5.92 Å². The second kappa shape index (κ2) is 7.82. The zero-order valence-corrected chi connectivity index (χ0v) is 12.3. The van der Waals surface area contributed by atoms with Crippen LogP contribution in [0.4, 0.5) is 0 Å². The molecule has 0 bridgehead atoms. The van der Waals surface area contributed by atoms with Crippen LogP contribution in [0.2, 0.25) is 0 Å². The van der Waals surface area contributed by atoms with Gasteiger partial charge in [0.2, 0.25) is 5.91 Å². The second-order valence-corrected chi connectivity index (χ2v) is 5.59. The molecular weight excluding hydrogens is 242 g/mol. The molecule has 0 aliphatic carbocycles. The van der Waals surface area contributed by atoms with E-state index in [9.17, 15) is 9.90 Å². The van der Waals surface area contributed by atoms with Crippen LogP contribution in [0.5, 0.6) is 0 Å². The lowest BCUT2D eigenvalue weighted by molar-refractivity contribution is -0.127. The molecular formula is C14H29N3O2. The molecule has 1 amide bonds. The summed E-state index contributed by atoms with van der Waals surface area (Å²) in [4.78, 5) is 14.2. The first-order chi connectivity index (χ1) is 9.04. The number of nitrogens with zero attached hydrogens (tertiary/aromatic N) is 1. The molecule has 0 saturated carbocycles. The normalized spacial score (nSPS) is 21.4. The molecule has 1 saturated heterocycles.